The number of methoxy groups -OCH3 is 1. The summed E-state index contributed by atoms with van der Waals surface area (Å²) in [6.45, 7) is 3.63. The van der Waals surface area contributed by atoms with Crippen molar-refractivity contribution in [2.75, 3.05) is 7.11 Å². The minimum absolute atomic E-state index is 0.297. The second-order valence-electron chi connectivity index (χ2n) is 4.41. The van der Waals surface area contributed by atoms with Gasteiger partial charge in [-0.2, -0.15) is 0 Å². The van der Waals surface area contributed by atoms with Gasteiger partial charge in [0.15, 0.2) is 0 Å². The van der Waals surface area contributed by atoms with Crippen LogP contribution in [0.25, 0.3) is 6.08 Å². The third-order valence-electron chi connectivity index (χ3n) is 2.73. The molecule has 4 nitrogen and oxygen atoms in total. The first-order valence-electron chi connectivity index (χ1n) is 6.14. The van der Waals surface area contributed by atoms with Crippen LogP contribution in [-0.2, 0) is 14.3 Å². The van der Waals surface area contributed by atoms with Crippen LogP contribution in [0.4, 0.5) is 0 Å². The number of amides is 1. The zero-order valence-electron chi connectivity index (χ0n) is 11.4. The van der Waals surface area contributed by atoms with Crippen LogP contribution in [0.1, 0.15) is 31.6 Å². The molecule has 0 aliphatic rings. The van der Waals surface area contributed by atoms with E-state index in [1.807, 2.05) is 24.4 Å². The molecule has 0 bridgehead atoms. The van der Waals surface area contributed by atoms with Crippen molar-refractivity contribution in [1.82, 2.24) is 5.32 Å². The van der Waals surface area contributed by atoms with E-state index in [1.54, 1.807) is 24.3 Å². The number of carbonyl (C=O) groups is 2. The second-order valence-corrected chi connectivity index (χ2v) is 5.39. The van der Waals surface area contributed by atoms with E-state index in [2.05, 4.69) is 5.32 Å². The normalized spacial score (nSPS) is 14.1. The molecule has 0 aromatic carbocycles. The van der Waals surface area contributed by atoms with Gasteiger partial charge in [0.05, 0.1) is 7.11 Å². The fraction of sp³-hybridized carbons (Fsp3) is 0.429. The van der Waals surface area contributed by atoms with Crippen molar-refractivity contribution in [2.45, 2.75) is 32.2 Å². The number of ether oxygens (including phenoxy) is 1. The summed E-state index contributed by atoms with van der Waals surface area (Å²) in [7, 11) is 1.32. The van der Waals surface area contributed by atoms with E-state index in [4.69, 9.17) is 4.74 Å². The summed E-state index contributed by atoms with van der Waals surface area (Å²) in [6, 6.07) is 3.83. The van der Waals surface area contributed by atoms with Gasteiger partial charge >= 0.3 is 5.97 Å². The van der Waals surface area contributed by atoms with Crippen molar-refractivity contribution in [3.05, 3.63) is 28.5 Å². The largest absolute Gasteiger partial charge is 0.467 e. The zero-order valence-corrected chi connectivity index (χ0v) is 12.3. The lowest BCUT2D eigenvalue weighted by Crippen LogP contribution is -2.52. The van der Waals surface area contributed by atoms with Gasteiger partial charge in [0.25, 0.3) is 0 Å². The summed E-state index contributed by atoms with van der Waals surface area (Å²) in [5.41, 5.74) is -0.972. The molecular formula is C14H19NO3S. The Balaban J connectivity index is 2.69. The Morgan fingerprint density at radius 3 is 2.79 bits per heavy atom. The van der Waals surface area contributed by atoms with Crippen LogP contribution in [0.3, 0.4) is 0 Å². The topological polar surface area (TPSA) is 55.4 Å². The molecule has 1 N–H and O–H groups in total. The van der Waals surface area contributed by atoms with Crippen molar-refractivity contribution < 1.29 is 14.3 Å². The monoisotopic (exact) mass is 281 g/mol. The molecule has 19 heavy (non-hydrogen) atoms. The molecule has 1 aromatic heterocycles. The first-order chi connectivity index (χ1) is 9.01. The maximum Gasteiger partial charge on any atom is 0.331 e. The predicted molar refractivity (Wildman–Crippen MR) is 76.8 cm³/mol. The fourth-order valence-electron chi connectivity index (χ4n) is 1.80. The van der Waals surface area contributed by atoms with Gasteiger partial charge < -0.3 is 10.1 Å². The Labute approximate surface area is 117 Å². The van der Waals surface area contributed by atoms with Crippen molar-refractivity contribution in [3.8, 4) is 0 Å². The summed E-state index contributed by atoms with van der Waals surface area (Å²) in [6.07, 6.45) is 4.48. The maximum absolute atomic E-state index is 11.8. The molecular weight excluding hydrogens is 262 g/mol. The van der Waals surface area contributed by atoms with Gasteiger partial charge in [-0.15, -0.1) is 11.3 Å². The average molecular weight is 281 g/mol. The minimum Gasteiger partial charge on any atom is -0.467 e. The first-order valence-corrected chi connectivity index (χ1v) is 7.02. The lowest BCUT2D eigenvalue weighted by molar-refractivity contribution is -0.150. The highest BCUT2D eigenvalue weighted by atomic mass is 32.1. The van der Waals surface area contributed by atoms with Crippen LogP contribution in [0.5, 0.6) is 0 Å². The number of nitrogens with one attached hydrogen (secondary N) is 1. The molecule has 1 rings (SSSR count). The van der Waals surface area contributed by atoms with Crippen LogP contribution >= 0.6 is 11.3 Å². The smallest absolute Gasteiger partial charge is 0.331 e. The van der Waals surface area contributed by atoms with Gasteiger partial charge in [-0.3, -0.25) is 4.79 Å². The van der Waals surface area contributed by atoms with E-state index in [0.29, 0.717) is 6.42 Å². The van der Waals surface area contributed by atoms with Crippen LogP contribution in [-0.4, -0.2) is 24.5 Å². The molecule has 1 aromatic rings. The molecule has 0 radical (unpaired) electrons. The summed E-state index contributed by atoms with van der Waals surface area (Å²) in [5, 5.41) is 4.65. The molecule has 0 aliphatic carbocycles. The summed E-state index contributed by atoms with van der Waals surface area (Å²) < 4.78 is 4.74. The minimum atomic E-state index is -0.972. The molecule has 1 atom stereocenters. The van der Waals surface area contributed by atoms with Gasteiger partial charge in [0.2, 0.25) is 5.91 Å². The van der Waals surface area contributed by atoms with Crippen LogP contribution in [0.2, 0.25) is 0 Å². The van der Waals surface area contributed by atoms with E-state index >= 15 is 0 Å². The SMILES string of the molecule is CCCC(C)(NC(=O)/C=C/c1cccs1)C(=O)OC. The predicted octanol–water partition coefficient (Wildman–Crippen LogP) is 2.61. The van der Waals surface area contributed by atoms with Crippen LogP contribution in [0.15, 0.2) is 23.6 Å². The molecule has 0 fully saturated rings. The van der Waals surface area contributed by atoms with E-state index in [9.17, 15) is 9.59 Å². The van der Waals surface area contributed by atoms with Crippen LogP contribution < -0.4 is 5.32 Å². The highest BCUT2D eigenvalue weighted by Crippen LogP contribution is 2.15. The number of esters is 1. The van der Waals surface area contributed by atoms with Gasteiger partial charge in [0.1, 0.15) is 5.54 Å². The van der Waals surface area contributed by atoms with Gasteiger partial charge in [0, 0.05) is 11.0 Å². The Morgan fingerprint density at radius 2 is 2.26 bits per heavy atom. The summed E-state index contributed by atoms with van der Waals surface area (Å²) in [4.78, 5) is 24.6. The molecule has 0 spiro atoms. The number of carbonyl (C=O) groups excluding carboxylic acids is 2. The third-order valence-corrected chi connectivity index (χ3v) is 3.56. The van der Waals surface area contributed by atoms with Crippen molar-refractivity contribution in [2.24, 2.45) is 0 Å². The van der Waals surface area contributed by atoms with Gasteiger partial charge in [-0.05, 0) is 30.9 Å². The lowest BCUT2D eigenvalue weighted by atomic mass is 9.96. The third kappa shape index (κ3) is 4.52. The number of thiophene rings is 1. The van der Waals surface area contributed by atoms with Gasteiger partial charge in [-0.1, -0.05) is 19.4 Å². The second kappa shape index (κ2) is 7.09. The van der Waals surface area contributed by atoms with E-state index in [1.165, 1.54) is 13.2 Å². The van der Waals surface area contributed by atoms with E-state index in [0.717, 1.165) is 11.3 Å². The van der Waals surface area contributed by atoms with Crippen molar-refractivity contribution >= 4 is 29.3 Å². The molecule has 1 heterocycles. The molecule has 1 amide bonds. The standard InChI is InChI=1S/C14H19NO3S/c1-4-9-14(2,13(17)18-3)15-12(16)8-7-11-6-5-10-19-11/h5-8,10H,4,9H2,1-3H3,(H,15,16)/b8-7+. The van der Waals surface area contributed by atoms with Crippen molar-refractivity contribution in [3.63, 3.8) is 0 Å². The number of hydrogen-bond donors (Lipinski definition) is 1. The summed E-state index contributed by atoms with van der Waals surface area (Å²) >= 11 is 1.55. The average Bonchev–Trinajstić information content (AvgIpc) is 2.88. The zero-order chi connectivity index (χ0) is 14.3. The number of hydrogen-bond acceptors (Lipinski definition) is 4. The quantitative estimate of drug-likeness (QED) is 0.644. The Morgan fingerprint density at radius 1 is 1.53 bits per heavy atom. The molecule has 5 heteroatoms. The maximum atomic E-state index is 11.8. The fourth-order valence-corrected chi connectivity index (χ4v) is 2.42. The molecule has 0 aliphatic heterocycles. The van der Waals surface area contributed by atoms with E-state index < -0.39 is 11.5 Å². The number of rotatable bonds is 6. The van der Waals surface area contributed by atoms with Gasteiger partial charge in [-0.25, -0.2) is 4.79 Å². The van der Waals surface area contributed by atoms with Crippen molar-refractivity contribution in [1.29, 1.82) is 0 Å². The Kier molecular flexibility index (Phi) is 5.76. The van der Waals surface area contributed by atoms with Crippen LogP contribution in [0, 0.1) is 0 Å². The molecule has 1 unspecified atom stereocenters. The van der Waals surface area contributed by atoms with E-state index in [-0.39, 0.29) is 5.91 Å². The Bertz CT molecular complexity index is 453. The molecule has 0 saturated carbocycles. The lowest BCUT2D eigenvalue weighted by Gasteiger charge is -2.26. The molecule has 104 valence electrons. The first kappa shape index (κ1) is 15.4. The highest BCUT2D eigenvalue weighted by molar-refractivity contribution is 7.10. The molecule has 0 saturated heterocycles. The summed E-state index contributed by atoms with van der Waals surface area (Å²) in [5.74, 6) is -0.720. The Hall–Kier alpha value is -1.62. The highest BCUT2D eigenvalue weighted by Gasteiger charge is 2.34.